The Morgan fingerprint density at radius 1 is 1.44 bits per heavy atom. The van der Waals surface area contributed by atoms with Gasteiger partial charge in [-0.3, -0.25) is 14.8 Å². The Balaban J connectivity index is 2.06. The van der Waals surface area contributed by atoms with Crippen LogP contribution in [0.25, 0.3) is 0 Å². The molecule has 2 heterocycles. The van der Waals surface area contributed by atoms with Crippen LogP contribution in [0, 0.1) is 22.7 Å². The maximum Gasteiger partial charge on any atom is 0.143 e. The standard InChI is InChI=1S/C18H22N4O2S/c1-18(2)5-12-17(14(23)6-18)16(15-8-21-10-25-15)11(7-20)13(22-12)9-24-4-3-19/h8,10,16-17H,3-6,9,19H2,1-2H3. The monoisotopic (exact) mass is 358 g/mol. The van der Waals surface area contributed by atoms with E-state index in [0.29, 0.717) is 30.8 Å². The van der Waals surface area contributed by atoms with Crippen LogP contribution in [0.4, 0.5) is 0 Å². The highest BCUT2D eigenvalue weighted by Crippen LogP contribution is 2.47. The number of carbonyl (C=O) groups is 1. The lowest BCUT2D eigenvalue weighted by molar-refractivity contribution is -0.124. The van der Waals surface area contributed by atoms with Gasteiger partial charge >= 0.3 is 0 Å². The molecular formula is C18H22N4O2S. The number of nitriles is 1. The lowest BCUT2D eigenvalue weighted by Gasteiger charge is -2.40. The van der Waals surface area contributed by atoms with E-state index >= 15 is 0 Å². The predicted octanol–water partition coefficient (Wildman–Crippen LogP) is 2.44. The molecule has 1 fully saturated rings. The summed E-state index contributed by atoms with van der Waals surface area (Å²) in [7, 11) is 0. The summed E-state index contributed by atoms with van der Waals surface area (Å²) in [6.45, 7) is 5.23. The number of rotatable bonds is 5. The summed E-state index contributed by atoms with van der Waals surface area (Å²) in [5.41, 5.74) is 9.10. The molecule has 0 bridgehead atoms. The van der Waals surface area contributed by atoms with Gasteiger partial charge in [0.1, 0.15) is 5.78 Å². The Kier molecular flexibility index (Phi) is 5.13. The summed E-state index contributed by atoms with van der Waals surface area (Å²) in [6, 6.07) is 2.28. The third-order valence-electron chi connectivity index (χ3n) is 4.63. The Morgan fingerprint density at radius 3 is 2.88 bits per heavy atom. The molecule has 1 aliphatic carbocycles. The first kappa shape index (κ1) is 17.9. The summed E-state index contributed by atoms with van der Waals surface area (Å²) in [4.78, 5) is 22.7. The molecule has 2 N–H and O–H groups in total. The van der Waals surface area contributed by atoms with Crippen molar-refractivity contribution in [2.24, 2.45) is 22.1 Å². The molecule has 2 atom stereocenters. The average Bonchev–Trinajstić information content (AvgIpc) is 3.06. The molecule has 132 valence electrons. The van der Waals surface area contributed by atoms with Crippen LogP contribution in [0.5, 0.6) is 0 Å². The Bertz CT molecular complexity index is 759. The van der Waals surface area contributed by atoms with Gasteiger partial charge in [-0.25, -0.2) is 0 Å². The van der Waals surface area contributed by atoms with Crippen LogP contribution in [0.3, 0.4) is 0 Å². The van der Waals surface area contributed by atoms with E-state index in [-0.39, 0.29) is 29.6 Å². The molecule has 0 saturated heterocycles. The third-order valence-corrected chi connectivity index (χ3v) is 5.49. The lowest BCUT2D eigenvalue weighted by Crippen LogP contribution is -2.43. The number of aromatic nitrogens is 1. The van der Waals surface area contributed by atoms with Crippen molar-refractivity contribution in [2.75, 3.05) is 19.8 Å². The minimum absolute atomic E-state index is 0.113. The highest BCUT2D eigenvalue weighted by molar-refractivity contribution is 7.09. The minimum atomic E-state index is -0.360. The number of nitrogens with two attached hydrogens (primary N) is 1. The zero-order chi connectivity index (χ0) is 18.0. The Hall–Kier alpha value is -1.88. The van der Waals surface area contributed by atoms with E-state index in [4.69, 9.17) is 15.5 Å². The van der Waals surface area contributed by atoms with Gasteiger partial charge in [0.15, 0.2) is 0 Å². The van der Waals surface area contributed by atoms with Crippen molar-refractivity contribution in [1.29, 1.82) is 5.26 Å². The van der Waals surface area contributed by atoms with Crippen molar-refractivity contribution in [2.45, 2.75) is 32.6 Å². The quantitative estimate of drug-likeness (QED) is 0.815. The van der Waals surface area contributed by atoms with E-state index in [2.05, 4.69) is 24.9 Å². The molecule has 0 aromatic carbocycles. The number of Topliss-reactive ketones (excluding diaryl/α,β-unsaturated/α-hetero) is 1. The second-order valence-corrected chi connectivity index (χ2v) is 8.18. The lowest BCUT2D eigenvalue weighted by atomic mass is 9.65. The number of ketones is 1. The SMILES string of the molecule is CC1(C)CC(=O)C2C(=NC(COCCN)=C(C#N)C2c2cncs2)C1. The summed E-state index contributed by atoms with van der Waals surface area (Å²) in [6.07, 6.45) is 3.00. The summed E-state index contributed by atoms with van der Waals surface area (Å²) < 4.78 is 5.54. The van der Waals surface area contributed by atoms with Gasteiger partial charge < -0.3 is 10.5 Å². The topological polar surface area (TPSA) is 101 Å². The zero-order valence-corrected chi connectivity index (χ0v) is 15.3. The van der Waals surface area contributed by atoms with Gasteiger partial charge in [0, 0.05) is 35.7 Å². The van der Waals surface area contributed by atoms with Crippen molar-refractivity contribution in [3.05, 3.63) is 27.9 Å². The van der Waals surface area contributed by atoms with Gasteiger partial charge in [0.25, 0.3) is 0 Å². The van der Waals surface area contributed by atoms with E-state index in [0.717, 1.165) is 17.0 Å². The predicted molar refractivity (Wildman–Crippen MR) is 96.3 cm³/mol. The van der Waals surface area contributed by atoms with Gasteiger partial charge in [-0.2, -0.15) is 5.26 Å². The van der Waals surface area contributed by atoms with Crippen molar-refractivity contribution >= 4 is 22.8 Å². The van der Waals surface area contributed by atoms with Crippen LogP contribution >= 0.6 is 11.3 Å². The molecule has 2 aliphatic rings. The maximum atomic E-state index is 12.9. The maximum absolute atomic E-state index is 12.9. The Morgan fingerprint density at radius 2 is 2.24 bits per heavy atom. The second kappa shape index (κ2) is 7.16. The summed E-state index contributed by atoms with van der Waals surface area (Å²) in [5, 5.41) is 9.78. The van der Waals surface area contributed by atoms with E-state index in [1.165, 1.54) is 11.3 Å². The van der Waals surface area contributed by atoms with Crippen LogP contribution in [-0.2, 0) is 9.53 Å². The fourth-order valence-electron chi connectivity index (χ4n) is 3.68. The van der Waals surface area contributed by atoms with E-state index < -0.39 is 0 Å². The van der Waals surface area contributed by atoms with Crippen molar-refractivity contribution in [3.63, 3.8) is 0 Å². The molecule has 0 spiro atoms. The molecule has 1 aromatic rings. The number of allylic oxidation sites excluding steroid dienone is 1. The first-order valence-electron chi connectivity index (χ1n) is 8.36. The summed E-state index contributed by atoms with van der Waals surface area (Å²) in [5.74, 6) is -0.505. The van der Waals surface area contributed by atoms with Crippen molar-refractivity contribution in [3.8, 4) is 6.07 Å². The van der Waals surface area contributed by atoms with Crippen LogP contribution in [0.2, 0.25) is 0 Å². The van der Waals surface area contributed by atoms with E-state index in [1.807, 2.05) is 0 Å². The summed E-state index contributed by atoms with van der Waals surface area (Å²) >= 11 is 1.47. The minimum Gasteiger partial charge on any atom is -0.374 e. The zero-order valence-electron chi connectivity index (χ0n) is 14.5. The molecule has 1 saturated carbocycles. The number of nitrogens with zero attached hydrogens (tertiary/aromatic N) is 3. The molecule has 1 aromatic heterocycles. The highest BCUT2D eigenvalue weighted by Gasteiger charge is 2.46. The molecule has 0 radical (unpaired) electrons. The Labute approximate surface area is 151 Å². The first-order chi connectivity index (χ1) is 12.0. The van der Waals surface area contributed by atoms with Gasteiger partial charge in [-0.1, -0.05) is 13.8 Å². The molecule has 7 heteroatoms. The van der Waals surface area contributed by atoms with Gasteiger partial charge in [0.05, 0.1) is 42.0 Å². The second-order valence-electron chi connectivity index (χ2n) is 7.26. The molecule has 2 unspecified atom stereocenters. The van der Waals surface area contributed by atoms with Gasteiger partial charge in [-0.05, 0) is 11.8 Å². The van der Waals surface area contributed by atoms with Crippen molar-refractivity contribution < 1.29 is 9.53 Å². The first-order valence-corrected chi connectivity index (χ1v) is 9.24. The van der Waals surface area contributed by atoms with Crippen LogP contribution in [0.1, 0.15) is 37.5 Å². The number of thiazole rings is 1. The fraction of sp³-hybridized carbons (Fsp3) is 0.556. The number of hydrogen-bond donors (Lipinski definition) is 1. The molecular weight excluding hydrogens is 336 g/mol. The van der Waals surface area contributed by atoms with Crippen LogP contribution in [-0.4, -0.2) is 36.2 Å². The van der Waals surface area contributed by atoms with E-state index in [1.54, 1.807) is 11.7 Å². The largest absolute Gasteiger partial charge is 0.374 e. The normalized spacial score (nSPS) is 25.4. The fourth-order valence-corrected chi connectivity index (χ4v) is 4.45. The number of fused-ring (bicyclic) bond motifs is 1. The van der Waals surface area contributed by atoms with Gasteiger partial charge in [-0.15, -0.1) is 11.3 Å². The molecule has 25 heavy (non-hydrogen) atoms. The number of carbonyl (C=O) groups excluding carboxylic acids is 1. The molecule has 1 aliphatic heterocycles. The van der Waals surface area contributed by atoms with Crippen LogP contribution < -0.4 is 5.73 Å². The van der Waals surface area contributed by atoms with E-state index in [9.17, 15) is 10.1 Å². The average molecular weight is 358 g/mol. The van der Waals surface area contributed by atoms with Gasteiger partial charge in [0.2, 0.25) is 0 Å². The van der Waals surface area contributed by atoms with Crippen molar-refractivity contribution in [1.82, 2.24) is 4.98 Å². The number of ether oxygens (including phenoxy) is 1. The third kappa shape index (κ3) is 3.56. The smallest absolute Gasteiger partial charge is 0.143 e. The number of hydrogen-bond acceptors (Lipinski definition) is 7. The molecule has 3 rings (SSSR count). The highest BCUT2D eigenvalue weighted by atomic mass is 32.1. The van der Waals surface area contributed by atoms with Crippen LogP contribution in [0.15, 0.2) is 28.0 Å². The number of aliphatic imine (C=N–C) groups is 1. The molecule has 0 amide bonds. The molecule has 6 nitrogen and oxygen atoms in total.